The lowest BCUT2D eigenvalue weighted by Gasteiger charge is -2.25. The minimum absolute atomic E-state index is 0.0616. The molecule has 2 rings (SSSR count). The number of rotatable bonds is 4. The number of amides is 2. The van der Waals surface area contributed by atoms with Crippen molar-refractivity contribution in [2.24, 2.45) is 5.10 Å². The van der Waals surface area contributed by atoms with Gasteiger partial charge in [-0.25, -0.2) is 5.43 Å². The monoisotopic (exact) mass is 331 g/mol. The predicted molar refractivity (Wildman–Crippen MR) is 93.1 cm³/mol. The summed E-state index contributed by atoms with van der Waals surface area (Å²) in [5.41, 5.74) is 5.77. The van der Waals surface area contributed by atoms with Crippen molar-refractivity contribution in [1.29, 1.82) is 0 Å². The van der Waals surface area contributed by atoms with Gasteiger partial charge in [-0.15, -0.1) is 0 Å². The topological polar surface area (TPSA) is 79.8 Å². The highest BCUT2D eigenvalue weighted by Gasteiger charge is 2.23. The highest BCUT2D eigenvalue weighted by molar-refractivity contribution is 6.39. The van der Waals surface area contributed by atoms with Crippen molar-refractivity contribution in [2.75, 3.05) is 7.11 Å². The molecule has 1 aliphatic rings. The van der Waals surface area contributed by atoms with E-state index in [0.29, 0.717) is 18.7 Å². The van der Waals surface area contributed by atoms with Crippen LogP contribution in [0.4, 0.5) is 0 Å². The Labute approximate surface area is 142 Å². The highest BCUT2D eigenvalue weighted by atomic mass is 16.5. The van der Waals surface area contributed by atoms with Crippen molar-refractivity contribution in [1.82, 2.24) is 10.7 Å². The average Bonchev–Trinajstić information content (AvgIpc) is 2.51. The fraction of sp³-hybridized carbons (Fsp3) is 0.500. The van der Waals surface area contributed by atoms with Crippen LogP contribution >= 0.6 is 0 Å². The third-order valence-corrected chi connectivity index (χ3v) is 3.93. The molecule has 6 nitrogen and oxygen atoms in total. The first-order chi connectivity index (χ1) is 11.2. The molecule has 0 atom stereocenters. The van der Waals surface area contributed by atoms with Crippen molar-refractivity contribution >= 4 is 17.5 Å². The summed E-state index contributed by atoms with van der Waals surface area (Å²) in [5, 5.41) is 6.68. The molecule has 6 heteroatoms. The number of methoxy groups -OCH3 is 1. The molecule has 0 aliphatic carbocycles. The quantitative estimate of drug-likeness (QED) is 0.887. The Morgan fingerprint density at radius 2 is 2.04 bits per heavy atom. The van der Waals surface area contributed by atoms with Gasteiger partial charge in [0.15, 0.2) is 0 Å². The summed E-state index contributed by atoms with van der Waals surface area (Å²) in [4.78, 5) is 23.3. The normalized spacial score (nSPS) is 14.7. The van der Waals surface area contributed by atoms with E-state index in [2.05, 4.69) is 42.7 Å². The van der Waals surface area contributed by atoms with Crippen LogP contribution < -0.4 is 15.5 Å². The second-order valence-corrected chi connectivity index (χ2v) is 7.03. The molecule has 2 amide bonds. The predicted octanol–water partition coefficient (Wildman–Crippen LogP) is 2.18. The number of carbonyl (C=O) groups is 2. The smallest absolute Gasteiger partial charge is 0.267 e. The molecule has 0 saturated heterocycles. The SMILES string of the molecule is COc1c(CNC(=O)C2=NNC(=O)CC2)cc(C)cc1C(C)(C)C. The number of carbonyl (C=O) groups excluding carboxylic acids is 2. The Bertz CT molecular complexity index is 687. The Morgan fingerprint density at radius 1 is 1.33 bits per heavy atom. The molecular formula is C18H25N3O3. The van der Waals surface area contributed by atoms with Crippen LogP contribution in [0.1, 0.15) is 50.3 Å². The Hall–Kier alpha value is -2.37. The number of hydrazone groups is 1. The van der Waals surface area contributed by atoms with Crippen LogP contribution in [0.5, 0.6) is 5.75 Å². The van der Waals surface area contributed by atoms with Crippen LogP contribution in [0.15, 0.2) is 17.2 Å². The molecule has 0 unspecified atom stereocenters. The molecule has 0 bridgehead atoms. The van der Waals surface area contributed by atoms with Gasteiger partial charge < -0.3 is 10.1 Å². The summed E-state index contributed by atoms with van der Waals surface area (Å²) < 4.78 is 5.61. The van der Waals surface area contributed by atoms with Gasteiger partial charge in [-0.1, -0.05) is 38.5 Å². The van der Waals surface area contributed by atoms with Crippen LogP contribution in [0, 0.1) is 6.92 Å². The summed E-state index contributed by atoms with van der Waals surface area (Å²) in [6, 6.07) is 4.13. The molecule has 1 aromatic carbocycles. The van der Waals surface area contributed by atoms with E-state index in [1.807, 2.05) is 13.0 Å². The molecule has 2 N–H and O–H groups in total. The van der Waals surface area contributed by atoms with E-state index in [1.54, 1.807) is 7.11 Å². The number of hydrogen-bond acceptors (Lipinski definition) is 4. The van der Waals surface area contributed by atoms with Crippen molar-refractivity contribution in [3.05, 3.63) is 28.8 Å². The van der Waals surface area contributed by atoms with E-state index in [-0.39, 0.29) is 23.7 Å². The van der Waals surface area contributed by atoms with Crippen molar-refractivity contribution in [2.45, 2.75) is 52.5 Å². The molecule has 0 aromatic heterocycles. The van der Waals surface area contributed by atoms with Gasteiger partial charge in [-0.2, -0.15) is 5.10 Å². The lowest BCUT2D eigenvalue weighted by atomic mass is 9.84. The zero-order chi connectivity index (χ0) is 17.9. The zero-order valence-corrected chi connectivity index (χ0v) is 14.9. The van der Waals surface area contributed by atoms with Gasteiger partial charge in [0.1, 0.15) is 11.5 Å². The highest BCUT2D eigenvalue weighted by Crippen LogP contribution is 2.35. The van der Waals surface area contributed by atoms with Gasteiger partial charge in [0.05, 0.1) is 7.11 Å². The van der Waals surface area contributed by atoms with E-state index in [1.165, 1.54) is 0 Å². The Balaban J connectivity index is 2.19. The number of benzene rings is 1. The number of nitrogens with one attached hydrogen (secondary N) is 2. The maximum Gasteiger partial charge on any atom is 0.267 e. The molecule has 130 valence electrons. The Morgan fingerprint density at radius 3 is 2.58 bits per heavy atom. The largest absolute Gasteiger partial charge is 0.496 e. The molecule has 0 fully saturated rings. The molecule has 1 aromatic rings. The first-order valence-corrected chi connectivity index (χ1v) is 8.04. The van der Waals surface area contributed by atoms with Gasteiger partial charge in [-0.3, -0.25) is 9.59 Å². The number of ether oxygens (including phenoxy) is 1. The number of hydrogen-bond donors (Lipinski definition) is 2. The maximum atomic E-state index is 12.2. The average molecular weight is 331 g/mol. The van der Waals surface area contributed by atoms with Crippen molar-refractivity contribution in [3.63, 3.8) is 0 Å². The molecule has 0 saturated carbocycles. The van der Waals surface area contributed by atoms with E-state index in [9.17, 15) is 9.59 Å². The molecule has 24 heavy (non-hydrogen) atoms. The van der Waals surface area contributed by atoms with E-state index in [4.69, 9.17) is 4.74 Å². The summed E-state index contributed by atoms with van der Waals surface area (Å²) in [7, 11) is 1.64. The summed E-state index contributed by atoms with van der Waals surface area (Å²) in [6.07, 6.45) is 0.643. The minimum Gasteiger partial charge on any atom is -0.496 e. The lowest BCUT2D eigenvalue weighted by Crippen LogP contribution is -2.36. The van der Waals surface area contributed by atoms with Crippen LogP contribution in [0.25, 0.3) is 0 Å². The van der Waals surface area contributed by atoms with Crippen LogP contribution in [-0.2, 0) is 21.5 Å². The maximum absolute atomic E-state index is 12.2. The summed E-state index contributed by atoms with van der Waals surface area (Å²) >= 11 is 0. The van der Waals surface area contributed by atoms with E-state index < -0.39 is 0 Å². The second kappa shape index (κ2) is 7.03. The fourth-order valence-electron chi connectivity index (χ4n) is 2.69. The van der Waals surface area contributed by atoms with E-state index >= 15 is 0 Å². The lowest BCUT2D eigenvalue weighted by molar-refractivity contribution is -0.121. The van der Waals surface area contributed by atoms with Crippen molar-refractivity contribution < 1.29 is 14.3 Å². The van der Waals surface area contributed by atoms with Gasteiger partial charge in [0.25, 0.3) is 5.91 Å². The van der Waals surface area contributed by atoms with Crippen LogP contribution in [0.2, 0.25) is 0 Å². The van der Waals surface area contributed by atoms with Crippen molar-refractivity contribution in [3.8, 4) is 5.75 Å². The molecule has 1 aliphatic heterocycles. The zero-order valence-electron chi connectivity index (χ0n) is 14.9. The van der Waals surface area contributed by atoms with Crippen LogP contribution in [0.3, 0.4) is 0 Å². The van der Waals surface area contributed by atoms with Gasteiger partial charge in [0, 0.05) is 30.5 Å². The van der Waals surface area contributed by atoms with E-state index in [0.717, 1.165) is 22.4 Å². The Kier molecular flexibility index (Phi) is 5.26. The molecular weight excluding hydrogens is 306 g/mol. The first-order valence-electron chi connectivity index (χ1n) is 8.04. The standard InChI is InChI=1S/C18H25N3O3/c1-11-8-12(16(24-5)13(9-11)18(2,3)4)10-19-17(23)14-6-7-15(22)21-20-14/h8-9H,6-7,10H2,1-5H3,(H,19,23)(H,21,22). The van der Waals surface area contributed by atoms with Crippen LogP contribution in [-0.4, -0.2) is 24.6 Å². The minimum atomic E-state index is -0.268. The molecule has 1 heterocycles. The first kappa shape index (κ1) is 18.0. The molecule has 0 spiro atoms. The van der Waals surface area contributed by atoms with Gasteiger partial charge in [-0.05, 0) is 12.3 Å². The number of nitrogens with zero attached hydrogens (tertiary/aromatic N) is 1. The van der Waals surface area contributed by atoms with Gasteiger partial charge >= 0.3 is 0 Å². The summed E-state index contributed by atoms with van der Waals surface area (Å²) in [5.74, 6) is 0.366. The third kappa shape index (κ3) is 4.13. The van der Waals surface area contributed by atoms with Gasteiger partial charge in [0.2, 0.25) is 5.91 Å². The third-order valence-electron chi connectivity index (χ3n) is 3.93. The fourth-order valence-corrected chi connectivity index (χ4v) is 2.69. The second-order valence-electron chi connectivity index (χ2n) is 7.03. The summed E-state index contributed by atoms with van der Waals surface area (Å²) in [6.45, 7) is 8.77. The number of aryl methyl sites for hydroxylation is 1. The molecule has 0 radical (unpaired) electrons.